The van der Waals surface area contributed by atoms with E-state index in [9.17, 15) is 4.79 Å². The number of nitrogens with one attached hydrogen (secondary N) is 1. The largest absolute Gasteiger partial charge is 0.490 e. The van der Waals surface area contributed by atoms with Crippen molar-refractivity contribution in [3.05, 3.63) is 48.0 Å². The SMILES string of the molecule is O=C(NC(Cc1ccc2c(c1)OCCO2)CN1CCCC1)[C@@H]1CCN(c2ccc(OC3CC3)cc2)C1. The van der Waals surface area contributed by atoms with Gasteiger partial charge < -0.3 is 29.3 Å². The molecule has 3 heterocycles. The van der Waals surface area contributed by atoms with Crippen LogP contribution in [0.4, 0.5) is 5.69 Å². The lowest BCUT2D eigenvalue weighted by atomic mass is 10.0. The highest BCUT2D eigenvalue weighted by atomic mass is 16.6. The van der Waals surface area contributed by atoms with Crippen LogP contribution in [0, 0.1) is 5.92 Å². The Morgan fingerprint density at radius 1 is 0.972 bits per heavy atom. The second kappa shape index (κ2) is 10.6. The molecule has 2 aromatic carbocycles. The zero-order valence-corrected chi connectivity index (χ0v) is 21.0. The topological polar surface area (TPSA) is 63.3 Å². The number of anilines is 1. The van der Waals surface area contributed by atoms with Gasteiger partial charge in [-0.15, -0.1) is 0 Å². The number of carbonyl (C=O) groups is 1. The Morgan fingerprint density at radius 2 is 1.75 bits per heavy atom. The van der Waals surface area contributed by atoms with Crippen LogP contribution in [0.15, 0.2) is 42.5 Å². The van der Waals surface area contributed by atoms with Crippen LogP contribution < -0.4 is 24.4 Å². The molecule has 0 bridgehead atoms. The minimum absolute atomic E-state index is 0.00809. The molecule has 7 nitrogen and oxygen atoms in total. The molecule has 1 saturated carbocycles. The molecule has 2 aromatic rings. The molecule has 0 spiro atoms. The number of likely N-dealkylation sites (tertiary alicyclic amines) is 1. The van der Waals surface area contributed by atoms with E-state index >= 15 is 0 Å². The smallest absolute Gasteiger partial charge is 0.225 e. The van der Waals surface area contributed by atoms with E-state index < -0.39 is 0 Å². The molecule has 192 valence electrons. The number of hydrogen-bond acceptors (Lipinski definition) is 6. The summed E-state index contributed by atoms with van der Waals surface area (Å²) in [5, 5.41) is 3.42. The molecule has 36 heavy (non-hydrogen) atoms. The Balaban J connectivity index is 1.08. The molecule has 1 unspecified atom stereocenters. The lowest BCUT2D eigenvalue weighted by Gasteiger charge is -2.27. The number of ether oxygens (including phenoxy) is 3. The first kappa shape index (κ1) is 23.5. The summed E-state index contributed by atoms with van der Waals surface area (Å²) in [6.07, 6.45) is 6.89. The first-order valence-electron chi connectivity index (χ1n) is 13.6. The van der Waals surface area contributed by atoms with E-state index in [1.165, 1.54) is 24.1 Å². The minimum Gasteiger partial charge on any atom is -0.490 e. The predicted octanol–water partition coefficient (Wildman–Crippen LogP) is 3.65. The summed E-state index contributed by atoms with van der Waals surface area (Å²) in [5.74, 6) is 2.74. The van der Waals surface area contributed by atoms with Crippen molar-refractivity contribution in [2.75, 3.05) is 50.8 Å². The van der Waals surface area contributed by atoms with E-state index in [-0.39, 0.29) is 17.9 Å². The zero-order valence-electron chi connectivity index (χ0n) is 21.0. The van der Waals surface area contributed by atoms with Crippen molar-refractivity contribution < 1.29 is 19.0 Å². The highest BCUT2D eigenvalue weighted by molar-refractivity contribution is 5.80. The molecule has 1 amide bonds. The standard InChI is InChI=1S/C29H37N3O4/c33-29(22-11-14-32(19-22)24-4-6-25(7-5-24)36-26-8-9-26)30-23(20-31-12-1-2-13-31)17-21-3-10-27-28(18-21)35-16-15-34-27/h3-7,10,18,22-23,26H,1-2,8-9,11-17,19-20H2,(H,30,33)/t22-,23?/m1/s1. The molecule has 1 aliphatic carbocycles. The van der Waals surface area contributed by atoms with Crippen LogP contribution >= 0.6 is 0 Å². The summed E-state index contributed by atoms with van der Waals surface area (Å²) in [7, 11) is 0. The van der Waals surface area contributed by atoms with Crippen molar-refractivity contribution in [3.8, 4) is 17.2 Å². The van der Waals surface area contributed by atoms with Crippen molar-refractivity contribution in [2.45, 2.75) is 50.7 Å². The van der Waals surface area contributed by atoms with Gasteiger partial charge in [0.1, 0.15) is 19.0 Å². The van der Waals surface area contributed by atoms with Crippen LogP contribution in [-0.4, -0.2) is 68.9 Å². The second-order valence-corrected chi connectivity index (χ2v) is 10.6. The monoisotopic (exact) mass is 491 g/mol. The van der Waals surface area contributed by atoms with Gasteiger partial charge in [-0.25, -0.2) is 0 Å². The summed E-state index contributed by atoms with van der Waals surface area (Å²) in [4.78, 5) is 18.2. The van der Waals surface area contributed by atoms with Crippen LogP contribution in [-0.2, 0) is 11.2 Å². The van der Waals surface area contributed by atoms with E-state index in [2.05, 4.69) is 51.5 Å². The molecule has 3 fully saturated rings. The van der Waals surface area contributed by atoms with E-state index in [4.69, 9.17) is 14.2 Å². The maximum atomic E-state index is 13.4. The Labute approximate surface area is 213 Å². The summed E-state index contributed by atoms with van der Waals surface area (Å²) in [5.41, 5.74) is 2.34. The fourth-order valence-corrected chi connectivity index (χ4v) is 5.58. The number of nitrogens with zero attached hydrogens (tertiary/aromatic N) is 2. The first-order valence-corrected chi connectivity index (χ1v) is 13.6. The lowest BCUT2D eigenvalue weighted by Crippen LogP contribution is -2.46. The van der Waals surface area contributed by atoms with E-state index in [0.717, 1.165) is 75.7 Å². The third-order valence-electron chi connectivity index (χ3n) is 7.70. The number of carbonyl (C=O) groups excluding carboxylic acids is 1. The highest BCUT2D eigenvalue weighted by Gasteiger charge is 2.31. The number of benzene rings is 2. The average Bonchev–Trinajstić information content (AvgIpc) is 3.33. The van der Waals surface area contributed by atoms with Gasteiger partial charge >= 0.3 is 0 Å². The molecule has 1 N–H and O–H groups in total. The number of hydrogen-bond donors (Lipinski definition) is 1. The fourth-order valence-electron chi connectivity index (χ4n) is 5.58. The van der Waals surface area contributed by atoms with Gasteiger partial charge in [-0.1, -0.05) is 6.07 Å². The van der Waals surface area contributed by atoms with Gasteiger partial charge in [-0.2, -0.15) is 0 Å². The molecule has 2 atom stereocenters. The van der Waals surface area contributed by atoms with Crippen molar-refractivity contribution in [1.29, 1.82) is 0 Å². The van der Waals surface area contributed by atoms with Crippen LogP contribution in [0.25, 0.3) is 0 Å². The Bertz CT molecular complexity index is 1050. The second-order valence-electron chi connectivity index (χ2n) is 10.6. The van der Waals surface area contributed by atoms with Gasteiger partial charge in [0.05, 0.1) is 12.0 Å². The summed E-state index contributed by atoms with van der Waals surface area (Å²) in [6, 6.07) is 14.6. The minimum atomic E-state index is 0.00809. The van der Waals surface area contributed by atoms with Crippen LogP contribution in [0.2, 0.25) is 0 Å². The normalized spacial score (nSPS) is 22.4. The van der Waals surface area contributed by atoms with Crippen molar-refractivity contribution >= 4 is 11.6 Å². The quantitative estimate of drug-likeness (QED) is 0.578. The lowest BCUT2D eigenvalue weighted by molar-refractivity contribution is -0.125. The Morgan fingerprint density at radius 3 is 2.53 bits per heavy atom. The third-order valence-corrected chi connectivity index (χ3v) is 7.70. The van der Waals surface area contributed by atoms with Crippen molar-refractivity contribution in [3.63, 3.8) is 0 Å². The molecule has 0 radical (unpaired) electrons. The number of fused-ring (bicyclic) bond motifs is 1. The number of amides is 1. The summed E-state index contributed by atoms with van der Waals surface area (Å²) >= 11 is 0. The van der Waals surface area contributed by atoms with Gasteiger partial charge in [-0.05, 0) is 93.6 Å². The van der Waals surface area contributed by atoms with E-state index in [0.29, 0.717) is 19.3 Å². The number of rotatable bonds is 9. The van der Waals surface area contributed by atoms with E-state index in [1.54, 1.807) is 0 Å². The Kier molecular flexibility index (Phi) is 6.90. The summed E-state index contributed by atoms with van der Waals surface area (Å²) in [6.45, 7) is 5.96. The molecule has 4 aliphatic rings. The maximum absolute atomic E-state index is 13.4. The molecule has 7 heteroatoms. The van der Waals surface area contributed by atoms with Crippen LogP contribution in [0.3, 0.4) is 0 Å². The molecular weight excluding hydrogens is 454 g/mol. The molecule has 2 saturated heterocycles. The van der Waals surface area contributed by atoms with Gasteiger partial charge in [0.25, 0.3) is 0 Å². The highest BCUT2D eigenvalue weighted by Crippen LogP contribution is 2.32. The van der Waals surface area contributed by atoms with Gasteiger partial charge in [-0.3, -0.25) is 4.79 Å². The molecular formula is C29H37N3O4. The van der Waals surface area contributed by atoms with E-state index in [1.807, 2.05) is 6.07 Å². The van der Waals surface area contributed by atoms with Crippen molar-refractivity contribution in [2.24, 2.45) is 5.92 Å². The first-order chi connectivity index (χ1) is 17.7. The summed E-state index contributed by atoms with van der Waals surface area (Å²) < 4.78 is 17.3. The van der Waals surface area contributed by atoms with Crippen LogP contribution in [0.1, 0.15) is 37.7 Å². The zero-order chi connectivity index (χ0) is 24.3. The van der Waals surface area contributed by atoms with Gasteiger partial charge in [0.15, 0.2) is 11.5 Å². The van der Waals surface area contributed by atoms with Gasteiger partial charge in [0, 0.05) is 31.4 Å². The van der Waals surface area contributed by atoms with Gasteiger partial charge in [0.2, 0.25) is 5.91 Å². The molecule has 6 rings (SSSR count). The average molecular weight is 492 g/mol. The molecule has 0 aromatic heterocycles. The molecule has 3 aliphatic heterocycles. The third kappa shape index (κ3) is 5.72. The van der Waals surface area contributed by atoms with Crippen molar-refractivity contribution in [1.82, 2.24) is 10.2 Å². The predicted molar refractivity (Wildman–Crippen MR) is 139 cm³/mol. The fraction of sp³-hybridized carbons (Fsp3) is 0.552. The Hall–Kier alpha value is -2.93. The maximum Gasteiger partial charge on any atom is 0.225 e. The van der Waals surface area contributed by atoms with Crippen LogP contribution in [0.5, 0.6) is 17.2 Å².